The maximum Gasteiger partial charge on any atom is 0.188 e. The number of para-hydroxylation sites is 2. The fourth-order valence-electron chi connectivity index (χ4n) is 6.18. The molecule has 2 aliphatic rings. The Morgan fingerprint density at radius 3 is 1.95 bits per heavy atom. The summed E-state index contributed by atoms with van der Waals surface area (Å²) in [6, 6.07) is 30.8. The van der Waals surface area contributed by atoms with Crippen LogP contribution in [0.2, 0.25) is 0 Å². The molecule has 0 saturated heterocycles. The number of nitrogens with one attached hydrogen (secondary N) is 1. The van der Waals surface area contributed by atoms with Gasteiger partial charge in [0.1, 0.15) is 5.75 Å². The largest absolute Gasteiger partial charge is 0.472 e. The normalized spacial score (nSPS) is 14.1. The minimum Gasteiger partial charge on any atom is -0.472 e. The first-order valence-corrected chi connectivity index (χ1v) is 13.2. The first kappa shape index (κ1) is 22.1. The molecular formula is C33H31N3O. The van der Waals surface area contributed by atoms with Gasteiger partial charge in [0, 0.05) is 71.7 Å². The summed E-state index contributed by atoms with van der Waals surface area (Å²) in [4.78, 5) is 8.35. The highest BCUT2D eigenvalue weighted by molar-refractivity contribution is 5.99. The van der Waals surface area contributed by atoms with Crippen molar-refractivity contribution in [3.05, 3.63) is 102 Å². The summed E-state index contributed by atoms with van der Waals surface area (Å²) in [6.07, 6.45) is 0. The number of aromatic nitrogens is 1. The molecule has 0 atom stereocenters. The number of fused-ring (bicyclic) bond motifs is 11. The highest BCUT2D eigenvalue weighted by Crippen LogP contribution is 2.60. The maximum atomic E-state index is 7.23. The summed E-state index contributed by atoms with van der Waals surface area (Å²) in [5, 5.41) is 1.20. The number of rotatable bonds is 4. The summed E-state index contributed by atoms with van der Waals surface area (Å²) in [5.74, 6) is 0.907. The molecule has 0 unspecified atom stereocenters. The van der Waals surface area contributed by atoms with Gasteiger partial charge in [0.2, 0.25) is 0 Å². The predicted octanol–water partition coefficient (Wildman–Crippen LogP) is 7.41. The molecule has 1 spiro atoms. The molecule has 0 bridgehead atoms. The van der Waals surface area contributed by atoms with Crippen molar-refractivity contribution in [2.75, 3.05) is 37.0 Å². The number of aromatic amines is 1. The van der Waals surface area contributed by atoms with Gasteiger partial charge in [-0.2, -0.15) is 0 Å². The molecule has 2 heterocycles. The van der Waals surface area contributed by atoms with Crippen LogP contribution in [0.4, 0.5) is 11.4 Å². The van der Waals surface area contributed by atoms with Crippen molar-refractivity contribution in [2.24, 2.45) is 0 Å². The topological polar surface area (TPSA) is 31.5 Å². The summed E-state index contributed by atoms with van der Waals surface area (Å²) in [5.41, 5.74) is 11.2. The minimum absolute atomic E-state index is 0.736. The van der Waals surface area contributed by atoms with Gasteiger partial charge in [-0.05, 0) is 67.4 Å². The first-order chi connectivity index (χ1) is 18.1. The van der Waals surface area contributed by atoms with E-state index < -0.39 is 5.60 Å². The van der Waals surface area contributed by atoms with Crippen molar-refractivity contribution in [1.29, 1.82) is 0 Å². The number of H-pyrrole nitrogens is 1. The zero-order valence-corrected chi connectivity index (χ0v) is 21.8. The fourth-order valence-corrected chi connectivity index (χ4v) is 6.18. The van der Waals surface area contributed by atoms with Gasteiger partial charge in [0.05, 0.1) is 5.69 Å². The standard InChI is InChI=1S/C33H31N3O/c1-5-35(3)21-15-17-27-25(19-21)26-20-22(36(4)6-2)16-18-28(26)33(27)31-23-11-7-9-13-29(23)34-32(31)24-12-8-10-14-30(24)37-33/h7-20,34H,5-6H2,1-4H3. The SMILES string of the molecule is CCN(C)c1ccc2c(c1)-c1cc(N(C)CC)ccc1C21Oc2ccccc2-c2[nH]c3ccccc3c21. The number of hydrogen-bond donors (Lipinski definition) is 1. The lowest BCUT2D eigenvalue weighted by Gasteiger charge is -2.38. The van der Waals surface area contributed by atoms with Crippen LogP contribution in [0.25, 0.3) is 33.3 Å². The van der Waals surface area contributed by atoms with Crippen LogP contribution >= 0.6 is 0 Å². The minimum atomic E-state index is -0.736. The van der Waals surface area contributed by atoms with E-state index in [2.05, 4.69) is 128 Å². The Labute approximate surface area is 218 Å². The average Bonchev–Trinajstić information content (AvgIpc) is 3.47. The Kier molecular flexibility index (Phi) is 4.71. The lowest BCUT2D eigenvalue weighted by molar-refractivity contribution is 0.158. The first-order valence-electron chi connectivity index (χ1n) is 13.2. The van der Waals surface area contributed by atoms with Crippen LogP contribution in [0.5, 0.6) is 5.75 Å². The van der Waals surface area contributed by atoms with Gasteiger partial charge in [-0.1, -0.05) is 42.5 Å². The van der Waals surface area contributed by atoms with Crippen molar-refractivity contribution >= 4 is 22.3 Å². The molecule has 37 heavy (non-hydrogen) atoms. The van der Waals surface area contributed by atoms with Crippen LogP contribution in [0.15, 0.2) is 84.9 Å². The number of hydrogen-bond acceptors (Lipinski definition) is 3. The molecule has 5 aromatic rings. The number of benzene rings is 4. The Hall–Kier alpha value is -4.18. The molecule has 7 rings (SSSR count). The molecule has 184 valence electrons. The van der Waals surface area contributed by atoms with E-state index >= 15 is 0 Å². The Balaban J connectivity index is 1.61. The van der Waals surface area contributed by atoms with Gasteiger partial charge in [0.15, 0.2) is 5.60 Å². The van der Waals surface area contributed by atoms with Gasteiger partial charge in [-0.25, -0.2) is 0 Å². The van der Waals surface area contributed by atoms with E-state index in [1.54, 1.807) is 0 Å². The van der Waals surface area contributed by atoms with E-state index in [0.717, 1.165) is 35.6 Å². The third-order valence-electron chi connectivity index (χ3n) is 8.36. The van der Waals surface area contributed by atoms with Crippen molar-refractivity contribution < 1.29 is 4.74 Å². The third kappa shape index (κ3) is 2.90. The van der Waals surface area contributed by atoms with Gasteiger partial charge < -0.3 is 19.5 Å². The third-order valence-corrected chi connectivity index (χ3v) is 8.36. The number of anilines is 2. The predicted molar refractivity (Wildman–Crippen MR) is 154 cm³/mol. The molecule has 4 aromatic carbocycles. The zero-order valence-electron chi connectivity index (χ0n) is 21.8. The molecule has 4 heteroatoms. The van der Waals surface area contributed by atoms with Crippen LogP contribution in [0.3, 0.4) is 0 Å². The highest BCUT2D eigenvalue weighted by Gasteiger charge is 2.52. The molecule has 1 aromatic heterocycles. The van der Waals surface area contributed by atoms with Crippen molar-refractivity contribution in [3.8, 4) is 28.1 Å². The summed E-state index contributed by atoms with van der Waals surface area (Å²) >= 11 is 0. The lowest BCUT2D eigenvalue weighted by Crippen LogP contribution is -2.36. The quantitative estimate of drug-likeness (QED) is 0.288. The molecule has 1 aliphatic heterocycles. The molecule has 0 saturated carbocycles. The second-order valence-electron chi connectivity index (χ2n) is 10.2. The van der Waals surface area contributed by atoms with E-state index in [1.165, 1.54) is 44.6 Å². The molecule has 4 nitrogen and oxygen atoms in total. The second kappa shape index (κ2) is 7.91. The lowest BCUT2D eigenvalue weighted by atomic mass is 9.79. The van der Waals surface area contributed by atoms with Crippen LogP contribution in [-0.2, 0) is 5.60 Å². The molecule has 0 amide bonds. The molecule has 0 fully saturated rings. The molecule has 0 radical (unpaired) electrons. The number of ether oxygens (including phenoxy) is 1. The van der Waals surface area contributed by atoms with Crippen LogP contribution in [0.1, 0.15) is 30.5 Å². The van der Waals surface area contributed by atoms with Gasteiger partial charge in [-0.15, -0.1) is 0 Å². The van der Waals surface area contributed by atoms with E-state index in [0.29, 0.717) is 0 Å². The van der Waals surface area contributed by atoms with Crippen molar-refractivity contribution in [2.45, 2.75) is 19.4 Å². The van der Waals surface area contributed by atoms with Crippen LogP contribution in [0, 0.1) is 0 Å². The van der Waals surface area contributed by atoms with Crippen molar-refractivity contribution in [1.82, 2.24) is 4.98 Å². The fraction of sp³-hybridized carbons (Fsp3) is 0.212. The smallest absolute Gasteiger partial charge is 0.188 e. The van der Waals surface area contributed by atoms with E-state index in [-0.39, 0.29) is 0 Å². The Morgan fingerprint density at radius 1 is 0.703 bits per heavy atom. The monoisotopic (exact) mass is 485 g/mol. The van der Waals surface area contributed by atoms with E-state index in [4.69, 9.17) is 4.74 Å². The summed E-state index contributed by atoms with van der Waals surface area (Å²) < 4.78 is 7.23. The van der Waals surface area contributed by atoms with Crippen molar-refractivity contribution in [3.63, 3.8) is 0 Å². The Morgan fingerprint density at radius 2 is 1.30 bits per heavy atom. The highest BCUT2D eigenvalue weighted by atomic mass is 16.5. The van der Waals surface area contributed by atoms with E-state index in [9.17, 15) is 0 Å². The Bertz CT molecular complexity index is 1620. The van der Waals surface area contributed by atoms with Gasteiger partial charge >= 0.3 is 0 Å². The van der Waals surface area contributed by atoms with Gasteiger partial charge in [-0.3, -0.25) is 0 Å². The average molecular weight is 486 g/mol. The molecule has 1 aliphatic carbocycles. The van der Waals surface area contributed by atoms with E-state index in [1.807, 2.05) is 0 Å². The maximum absolute atomic E-state index is 7.23. The summed E-state index contributed by atoms with van der Waals surface area (Å²) in [6.45, 7) is 6.28. The van der Waals surface area contributed by atoms with Crippen LogP contribution in [-0.4, -0.2) is 32.2 Å². The zero-order chi connectivity index (χ0) is 25.3. The summed E-state index contributed by atoms with van der Waals surface area (Å²) in [7, 11) is 4.31. The van der Waals surface area contributed by atoms with Gasteiger partial charge in [0.25, 0.3) is 0 Å². The second-order valence-corrected chi connectivity index (χ2v) is 10.2. The number of nitrogens with zero attached hydrogens (tertiary/aromatic N) is 2. The molecule has 1 N–H and O–H groups in total. The van der Waals surface area contributed by atoms with Crippen LogP contribution < -0.4 is 14.5 Å². The molecular weight excluding hydrogens is 454 g/mol.